The first-order valence-corrected chi connectivity index (χ1v) is 9.31. The number of carbonyl (C=O) groups is 1. The van der Waals surface area contributed by atoms with Crippen LogP contribution in [0, 0.1) is 12.7 Å². The Kier molecular flexibility index (Phi) is 4.81. The fourth-order valence-corrected chi connectivity index (χ4v) is 3.69. The minimum Gasteiger partial charge on any atom is -0.387 e. The predicted octanol–water partition coefficient (Wildman–Crippen LogP) is 4.00. The van der Waals surface area contributed by atoms with Crippen LogP contribution in [-0.2, 0) is 0 Å². The summed E-state index contributed by atoms with van der Waals surface area (Å²) in [4.78, 5) is 18.4. The molecule has 1 atom stereocenters. The number of hydrogen-bond donors (Lipinski definition) is 2. The maximum Gasteiger partial charge on any atom is 0.179 e. The summed E-state index contributed by atoms with van der Waals surface area (Å²) in [5.74, 6) is -0.266. The standard InChI is InChI=1S/C22H23FN2O2/c1-14-22(18-4-2-3-5-19(18)24-14)21(27)13-25(17-10-11-17)12-20(26)15-6-8-16(23)9-7-15/h2-9,17,20,24,26H,10-13H2,1H3. The molecule has 1 aliphatic rings. The van der Waals surface area contributed by atoms with Crippen LogP contribution in [0.5, 0.6) is 0 Å². The van der Waals surface area contributed by atoms with Gasteiger partial charge in [0.05, 0.1) is 12.6 Å². The van der Waals surface area contributed by atoms with Crippen molar-refractivity contribution in [3.8, 4) is 0 Å². The van der Waals surface area contributed by atoms with Crippen LogP contribution in [0.2, 0.25) is 0 Å². The van der Waals surface area contributed by atoms with Gasteiger partial charge in [0.15, 0.2) is 5.78 Å². The Balaban J connectivity index is 1.52. The van der Waals surface area contributed by atoms with Gasteiger partial charge >= 0.3 is 0 Å². The van der Waals surface area contributed by atoms with Crippen LogP contribution in [0.3, 0.4) is 0 Å². The molecule has 0 amide bonds. The van der Waals surface area contributed by atoms with Gasteiger partial charge < -0.3 is 10.1 Å². The maximum absolute atomic E-state index is 13.1. The summed E-state index contributed by atoms with van der Waals surface area (Å²) in [6.07, 6.45) is 1.33. The lowest BCUT2D eigenvalue weighted by Gasteiger charge is -2.24. The van der Waals surface area contributed by atoms with Crippen molar-refractivity contribution < 1.29 is 14.3 Å². The molecule has 0 saturated heterocycles. The van der Waals surface area contributed by atoms with E-state index in [1.54, 1.807) is 12.1 Å². The monoisotopic (exact) mass is 366 g/mol. The molecular weight excluding hydrogens is 343 g/mol. The summed E-state index contributed by atoms with van der Waals surface area (Å²) >= 11 is 0. The summed E-state index contributed by atoms with van der Waals surface area (Å²) in [6, 6.07) is 14.0. The van der Waals surface area contributed by atoms with Gasteiger partial charge in [-0.3, -0.25) is 9.69 Å². The summed E-state index contributed by atoms with van der Waals surface area (Å²) < 4.78 is 13.1. The molecule has 3 aromatic rings. The molecule has 1 unspecified atom stereocenters. The number of halogens is 1. The number of fused-ring (bicyclic) bond motifs is 1. The third-order valence-electron chi connectivity index (χ3n) is 5.24. The summed E-state index contributed by atoms with van der Waals surface area (Å²) in [6.45, 7) is 2.55. The number of rotatable bonds is 7. The average Bonchev–Trinajstić information content (AvgIpc) is 3.43. The van der Waals surface area contributed by atoms with Gasteiger partial charge in [-0.25, -0.2) is 4.39 Å². The van der Waals surface area contributed by atoms with E-state index in [4.69, 9.17) is 0 Å². The normalized spacial score (nSPS) is 15.4. The topological polar surface area (TPSA) is 56.3 Å². The number of aromatic nitrogens is 1. The van der Waals surface area contributed by atoms with Crippen molar-refractivity contribution in [1.29, 1.82) is 0 Å². The minimum atomic E-state index is -0.747. The van der Waals surface area contributed by atoms with Crippen LogP contribution in [0.25, 0.3) is 10.9 Å². The average molecular weight is 366 g/mol. The van der Waals surface area contributed by atoms with E-state index in [2.05, 4.69) is 9.88 Å². The molecule has 1 aromatic heterocycles. The SMILES string of the molecule is Cc1[nH]c2ccccc2c1C(=O)CN(CC(O)c1ccc(F)cc1)C1CC1. The van der Waals surface area contributed by atoms with E-state index in [9.17, 15) is 14.3 Å². The zero-order chi connectivity index (χ0) is 19.0. The smallest absolute Gasteiger partial charge is 0.179 e. The molecule has 5 heteroatoms. The molecule has 140 valence electrons. The second-order valence-electron chi connectivity index (χ2n) is 7.32. The highest BCUT2D eigenvalue weighted by Crippen LogP contribution is 2.30. The number of nitrogens with one attached hydrogen (secondary N) is 1. The molecule has 1 saturated carbocycles. The Bertz CT molecular complexity index is 960. The fraction of sp³-hybridized carbons (Fsp3) is 0.318. The first-order chi connectivity index (χ1) is 13.0. The number of para-hydroxylation sites is 1. The lowest BCUT2D eigenvalue weighted by Crippen LogP contribution is -2.35. The zero-order valence-electron chi connectivity index (χ0n) is 15.3. The lowest BCUT2D eigenvalue weighted by molar-refractivity contribution is 0.0817. The number of hydrogen-bond acceptors (Lipinski definition) is 3. The van der Waals surface area contributed by atoms with Crippen LogP contribution < -0.4 is 0 Å². The van der Waals surface area contributed by atoms with Gasteiger partial charge in [-0.2, -0.15) is 0 Å². The van der Waals surface area contributed by atoms with Crippen molar-refractivity contribution >= 4 is 16.7 Å². The van der Waals surface area contributed by atoms with Gasteiger partial charge in [0.2, 0.25) is 0 Å². The zero-order valence-corrected chi connectivity index (χ0v) is 15.3. The Morgan fingerprint density at radius 3 is 2.63 bits per heavy atom. The molecule has 4 rings (SSSR count). The Morgan fingerprint density at radius 1 is 1.22 bits per heavy atom. The Hall–Kier alpha value is -2.50. The number of H-pyrrole nitrogens is 1. The van der Waals surface area contributed by atoms with Gasteiger partial charge in [0.1, 0.15) is 5.82 Å². The lowest BCUT2D eigenvalue weighted by atomic mass is 10.1. The molecule has 2 N–H and O–H groups in total. The van der Waals surface area contributed by atoms with Gasteiger partial charge in [0.25, 0.3) is 0 Å². The number of carbonyl (C=O) groups excluding carboxylic acids is 1. The molecule has 1 aliphatic carbocycles. The van der Waals surface area contributed by atoms with E-state index >= 15 is 0 Å². The highest BCUT2D eigenvalue weighted by Gasteiger charge is 2.32. The van der Waals surface area contributed by atoms with Crippen LogP contribution in [0.4, 0.5) is 4.39 Å². The number of benzene rings is 2. The molecule has 2 aromatic carbocycles. The third-order valence-corrected chi connectivity index (χ3v) is 5.24. The highest BCUT2D eigenvalue weighted by molar-refractivity contribution is 6.10. The number of aliphatic hydroxyl groups is 1. The van der Waals surface area contributed by atoms with Crippen LogP contribution in [0.1, 0.15) is 40.6 Å². The highest BCUT2D eigenvalue weighted by atomic mass is 19.1. The van der Waals surface area contributed by atoms with E-state index in [0.717, 1.165) is 35.0 Å². The maximum atomic E-state index is 13.1. The van der Waals surface area contributed by atoms with Crippen LogP contribution in [0.15, 0.2) is 48.5 Å². The third kappa shape index (κ3) is 3.80. The number of aryl methyl sites for hydroxylation is 1. The summed E-state index contributed by atoms with van der Waals surface area (Å²) in [5.41, 5.74) is 3.23. The van der Waals surface area contributed by atoms with E-state index in [-0.39, 0.29) is 18.1 Å². The van der Waals surface area contributed by atoms with Crippen molar-refractivity contribution in [3.63, 3.8) is 0 Å². The quantitative estimate of drug-likeness (QED) is 0.622. The van der Waals surface area contributed by atoms with Crippen LogP contribution in [-0.4, -0.2) is 39.9 Å². The molecule has 0 spiro atoms. The van der Waals surface area contributed by atoms with Crippen molar-refractivity contribution in [2.45, 2.75) is 31.9 Å². The summed E-state index contributed by atoms with van der Waals surface area (Å²) in [5, 5.41) is 11.5. The van der Waals surface area contributed by atoms with Crippen molar-refractivity contribution in [2.75, 3.05) is 13.1 Å². The number of ketones is 1. The fourth-order valence-electron chi connectivity index (χ4n) is 3.69. The molecule has 0 bridgehead atoms. The van der Waals surface area contributed by atoms with Crippen molar-refractivity contribution in [2.24, 2.45) is 0 Å². The van der Waals surface area contributed by atoms with Crippen LogP contribution >= 0.6 is 0 Å². The van der Waals surface area contributed by atoms with Crippen molar-refractivity contribution in [3.05, 3.63) is 71.2 Å². The molecular formula is C22H23FN2O2. The number of aromatic amines is 1. The molecule has 4 nitrogen and oxygen atoms in total. The first kappa shape index (κ1) is 17.9. The van der Waals surface area contributed by atoms with E-state index in [0.29, 0.717) is 18.2 Å². The van der Waals surface area contributed by atoms with Crippen molar-refractivity contribution in [1.82, 2.24) is 9.88 Å². The summed E-state index contributed by atoms with van der Waals surface area (Å²) in [7, 11) is 0. The second kappa shape index (κ2) is 7.25. The Labute approximate surface area is 157 Å². The number of Topliss-reactive ketones (excluding diaryl/α,β-unsaturated/α-hetero) is 1. The van der Waals surface area contributed by atoms with Gasteiger partial charge in [-0.15, -0.1) is 0 Å². The van der Waals surface area contributed by atoms with Gasteiger partial charge in [-0.05, 0) is 43.5 Å². The van der Waals surface area contributed by atoms with E-state index in [1.165, 1.54) is 12.1 Å². The predicted molar refractivity (Wildman–Crippen MR) is 103 cm³/mol. The molecule has 1 fully saturated rings. The molecule has 1 heterocycles. The molecule has 0 radical (unpaired) electrons. The van der Waals surface area contributed by atoms with E-state index < -0.39 is 6.10 Å². The second-order valence-corrected chi connectivity index (χ2v) is 7.32. The molecule has 0 aliphatic heterocycles. The van der Waals surface area contributed by atoms with Gasteiger partial charge in [-0.1, -0.05) is 30.3 Å². The number of nitrogens with zero attached hydrogens (tertiary/aromatic N) is 1. The first-order valence-electron chi connectivity index (χ1n) is 9.31. The minimum absolute atomic E-state index is 0.0585. The van der Waals surface area contributed by atoms with E-state index in [1.807, 2.05) is 31.2 Å². The Morgan fingerprint density at radius 2 is 1.93 bits per heavy atom. The number of aliphatic hydroxyl groups excluding tert-OH is 1. The molecule has 27 heavy (non-hydrogen) atoms. The largest absolute Gasteiger partial charge is 0.387 e. The van der Waals surface area contributed by atoms with Gasteiger partial charge in [0, 0.05) is 34.7 Å².